The van der Waals surface area contributed by atoms with Gasteiger partial charge in [0.15, 0.2) is 5.43 Å². The Labute approximate surface area is 203 Å². The van der Waals surface area contributed by atoms with E-state index in [9.17, 15) is 19.5 Å². The Hall–Kier alpha value is -4.07. The first kappa shape index (κ1) is 24.1. The first-order valence-electron chi connectivity index (χ1n) is 11.5. The van der Waals surface area contributed by atoms with Gasteiger partial charge in [-0.15, -0.1) is 0 Å². The quantitative estimate of drug-likeness (QED) is 0.556. The number of phenols is 1. The van der Waals surface area contributed by atoms with Crippen LogP contribution in [0.15, 0.2) is 65.6 Å². The molecule has 1 aliphatic rings. The molecule has 0 spiro atoms. The molecule has 8 nitrogen and oxygen atoms in total. The third kappa shape index (κ3) is 5.37. The Bertz CT molecular complexity index is 1280. The van der Waals surface area contributed by atoms with Gasteiger partial charge in [0.25, 0.3) is 0 Å². The molecule has 1 amide bonds. The van der Waals surface area contributed by atoms with Gasteiger partial charge in [0.05, 0.1) is 7.11 Å². The lowest BCUT2D eigenvalue weighted by Crippen LogP contribution is -2.39. The summed E-state index contributed by atoms with van der Waals surface area (Å²) in [5.74, 6) is -0.590. The molecule has 0 radical (unpaired) electrons. The second kappa shape index (κ2) is 10.5. The van der Waals surface area contributed by atoms with Gasteiger partial charge in [-0.05, 0) is 49.1 Å². The Balaban J connectivity index is 1.55. The van der Waals surface area contributed by atoms with E-state index >= 15 is 0 Å². The number of benzene rings is 2. The summed E-state index contributed by atoms with van der Waals surface area (Å²) < 4.78 is 12.1. The van der Waals surface area contributed by atoms with Gasteiger partial charge in [-0.1, -0.05) is 30.3 Å². The topological polar surface area (TPSA) is 98.1 Å². The van der Waals surface area contributed by atoms with Crippen molar-refractivity contribution in [3.8, 4) is 11.4 Å². The number of rotatable bonds is 5. The molecular formula is C27H28N2O6. The molecular weight excluding hydrogens is 448 g/mol. The summed E-state index contributed by atoms with van der Waals surface area (Å²) in [6.45, 7) is 3.04. The van der Waals surface area contributed by atoms with Crippen LogP contribution >= 0.6 is 0 Å². The third-order valence-corrected chi connectivity index (χ3v) is 6.30. The van der Waals surface area contributed by atoms with E-state index in [1.165, 1.54) is 19.4 Å². The number of phenolic OH excluding ortho intramolecular Hbond substituents is 1. The highest BCUT2D eigenvalue weighted by atomic mass is 16.6. The van der Waals surface area contributed by atoms with Crippen molar-refractivity contribution < 1.29 is 24.2 Å². The average molecular weight is 477 g/mol. The molecule has 1 fully saturated rings. The normalized spacial score (nSPS) is 13.9. The van der Waals surface area contributed by atoms with Gasteiger partial charge in [0.2, 0.25) is 0 Å². The van der Waals surface area contributed by atoms with Crippen molar-refractivity contribution in [2.45, 2.75) is 32.3 Å². The van der Waals surface area contributed by atoms with Crippen LogP contribution in [0, 0.1) is 6.92 Å². The van der Waals surface area contributed by atoms with Crippen LogP contribution in [0.2, 0.25) is 0 Å². The summed E-state index contributed by atoms with van der Waals surface area (Å²) >= 11 is 0. The number of hydrogen-bond acceptors (Lipinski definition) is 6. The number of aromatic hydroxyl groups is 1. The van der Waals surface area contributed by atoms with Crippen LogP contribution in [0.4, 0.5) is 4.79 Å². The number of aromatic nitrogens is 1. The maximum atomic E-state index is 12.8. The fourth-order valence-corrected chi connectivity index (χ4v) is 4.41. The summed E-state index contributed by atoms with van der Waals surface area (Å²) in [4.78, 5) is 39.2. The van der Waals surface area contributed by atoms with Gasteiger partial charge in [-0.25, -0.2) is 9.59 Å². The van der Waals surface area contributed by atoms with Crippen LogP contribution in [0.5, 0.6) is 5.75 Å². The Morgan fingerprint density at radius 1 is 1.06 bits per heavy atom. The number of esters is 1. The van der Waals surface area contributed by atoms with Gasteiger partial charge in [0.1, 0.15) is 17.9 Å². The number of carbonyl (C=O) groups is 2. The van der Waals surface area contributed by atoms with Gasteiger partial charge in [-0.3, -0.25) is 4.79 Å². The van der Waals surface area contributed by atoms with E-state index in [1.807, 2.05) is 41.8 Å². The molecule has 182 valence electrons. The van der Waals surface area contributed by atoms with E-state index in [4.69, 9.17) is 9.47 Å². The fraction of sp³-hybridized carbons (Fsp3) is 0.296. The zero-order valence-electron chi connectivity index (χ0n) is 19.8. The maximum absolute atomic E-state index is 12.8. The summed E-state index contributed by atoms with van der Waals surface area (Å²) in [5.41, 5.74) is 2.72. The Morgan fingerprint density at radius 3 is 2.43 bits per heavy atom. The number of amides is 1. The van der Waals surface area contributed by atoms with Crippen LogP contribution in [-0.2, 0) is 16.1 Å². The number of aryl methyl sites for hydroxylation is 1. The van der Waals surface area contributed by atoms with Gasteiger partial charge in [-0.2, -0.15) is 0 Å². The number of nitrogens with zero attached hydrogens (tertiary/aromatic N) is 2. The minimum Gasteiger partial charge on any atom is -0.508 e. The molecule has 2 aromatic carbocycles. The average Bonchev–Trinajstić information content (AvgIpc) is 2.87. The minimum atomic E-state index is -0.706. The molecule has 4 rings (SSSR count). The standard InChI is InChI=1S/C27H28N2O6/c1-18-14-21(30)8-9-23(18)29-16-22(26(32)34-2)25(31)15-24(29)20-10-12-28(13-11-20)27(33)35-17-19-6-4-3-5-7-19/h3-9,14-16,20,30H,10-13,17H2,1-2H3. The van der Waals surface area contributed by atoms with Crippen LogP contribution < -0.4 is 5.43 Å². The predicted octanol–water partition coefficient (Wildman–Crippen LogP) is 4.15. The molecule has 0 atom stereocenters. The molecule has 1 N–H and O–H groups in total. The van der Waals surface area contributed by atoms with E-state index in [-0.39, 0.29) is 29.9 Å². The van der Waals surface area contributed by atoms with Crippen LogP contribution in [-0.4, -0.2) is 46.8 Å². The smallest absolute Gasteiger partial charge is 0.410 e. The van der Waals surface area contributed by atoms with Crippen LogP contribution in [0.1, 0.15) is 45.9 Å². The number of pyridine rings is 1. The lowest BCUT2D eigenvalue weighted by Gasteiger charge is -2.33. The zero-order valence-corrected chi connectivity index (χ0v) is 19.8. The first-order valence-corrected chi connectivity index (χ1v) is 11.5. The highest BCUT2D eigenvalue weighted by Gasteiger charge is 2.28. The van der Waals surface area contributed by atoms with Crippen molar-refractivity contribution in [3.63, 3.8) is 0 Å². The van der Waals surface area contributed by atoms with E-state index < -0.39 is 11.4 Å². The lowest BCUT2D eigenvalue weighted by atomic mass is 9.92. The van der Waals surface area contributed by atoms with Gasteiger partial charge in [0, 0.05) is 42.7 Å². The maximum Gasteiger partial charge on any atom is 0.410 e. The van der Waals surface area contributed by atoms with Crippen molar-refractivity contribution in [2.24, 2.45) is 0 Å². The highest BCUT2D eigenvalue weighted by Crippen LogP contribution is 2.31. The number of carbonyl (C=O) groups excluding carboxylic acids is 2. The molecule has 1 saturated heterocycles. The summed E-state index contributed by atoms with van der Waals surface area (Å²) in [6, 6.07) is 15.9. The van der Waals surface area contributed by atoms with Crippen LogP contribution in [0.3, 0.4) is 0 Å². The Morgan fingerprint density at radius 2 is 1.77 bits per heavy atom. The SMILES string of the molecule is COC(=O)c1cn(-c2ccc(O)cc2C)c(C2CCN(C(=O)OCc3ccccc3)CC2)cc1=O. The first-order chi connectivity index (χ1) is 16.9. The van der Waals surface area contributed by atoms with E-state index in [0.717, 1.165) is 22.5 Å². The molecule has 0 saturated carbocycles. The van der Waals surface area contributed by atoms with Crippen LogP contribution in [0.25, 0.3) is 5.69 Å². The lowest BCUT2D eigenvalue weighted by molar-refractivity contribution is 0.0598. The van der Waals surface area contributed by atoms with E-state index in [0.29, 0.717) is 25.9 Å². The van der Waals surface area contributed by atoms with Gasteiger partial charge >= 0.3 is 12.1 Å². The van der Waals surface area contributed by atoms with Crippen molar-refractivity contribution >= 4 is 12.1 Å². The van der Waals surface area contributed by atoms with Crippen molar-refractivity contribution in [1.82, 2.24) is 9.47 Å². The Kier molecular flexibility index (Phi) is 7.19. The summed E-state index contributed by atoms with van der Waals surface area (Å²) in [7, 11) is 1.23. The molecule has 0 bridgehead atoms. The molecule has 3 aromatic rings. The molecule has 35 heavy (non-hydrogen) atoms. The number of hydrogen-bond donors (Lipinski definition) is 1. The molecule has 0 aliphatic carbocycles. The van der Waals surface area contributed by atoms with E-state index in [1.54, 1.807) is 23.1 Å². The molecule has 8 heteroatoms. The number of piperidine rings is 1. The van der Waals surface area contributed by atoms with Crippen molar-refractivity contribution in [2.75, 3.05) is 20.2 Å². The number of likely N-dealkylation sites (tertiary alicyclic amines) is 1. The number of ether oxygens (including phenoxy) is 2. The van der Waals surface area contributed by atoms with E-state index in [2.05, 4.69) is 0 Å². The predicted molar refractivity (Wildman–Crippen MR) is 130 cm³/mol. The molecule has 0 unspecified atom stereocenters. The van der Waals surface area contributed by atoms with Crippen molar-refractivity contribution in [3.05, 3.63) is 93.4 Å². The summed E-state index contributed by atoms with van der Waals surface area (Å²) in [5, 5.41) is 9.84. The minimum absolute atomic E-state index is 0.0132. The number of methoxy groups -OCH3 is 1. The van der Waals surface area contributed by atoms with Gasteiger partial charge < -0.3 is 24.0 Å². The third-order valence-electron chi connectivity index (χ3n) is 6.30. The largest absolute Gasteiger partial charge is 0.508 e. The second-order valence-electron chi connectivity index (χ2n) is 8.61. The highest BCUT2D eigenvalue weighted by molar-refractivity contribution is 5.89. The zero-order chi connectivity index (χ0) is 24.9. The second-order valence-corrected chi connectivity index (χ2v) is 8.61. The molecule has 1 aromatic heterocycles. The molecule has 2 heterocycles. The molecule has 1 aliphatic heterocycles. The monoisotopic (exact) mass is 476 g/mol. The summed E-state index contributed by atoms with van der Waals surface area (Å²) in [6.07, 6.45) is 2.41. The fourth-order valence-electron chi connectivity index (χ4n) is 4.41. The van der Waals surface area contributed by atoms with Crippen molar-refractivity contribution in [1.29, 1.82) is 0 Å².